The molecule has 8 nitrogen and oxygen atoms in total. The summed E-state index contributed by atoms with van der Waals surface area (Å²) in [7, 11) is -3.86. The quantitative estimate of drug-likeness (QED) is 0.723. The van der Waals surface area contributed by atoms with Gasteiger partial charge in [-0.1, -0.05) is 19.1 Å². The van der Waals surface area contributed by atoms with E-state index in [1.165, 1.54) is 26.3 Å². The number of hydrogen-bond donors (Lipinski definition) is 1. The summed E-state index contributed by atoms with van der Waals surface area (Å²) >= 11 is 0. The number of carbonyl (C=O) groups excluding carboxylic acids is 1. The number of nitrogens with one attached hydrogen (secondary N) is 1. The Hall–Kier alpha value is -2.39. The summed E-state index contributed by atoms with van der Waals surface area (Å²) in [5.74, 6) is -0.399. The van der Waals surface area contributed by atoms with Crippen LogP contribution in [0.5, 0.6) is 0 Å². The lowest BCUT2D eigenvalue weighted by Gasteiger charge is -2.36. The van der Waals surface area contributed by atoms with Gasteiger partial charge in [-0.15, -0.1) is 0 Å². The van der Waals surface area contributed by atoms with Gasteiger partial charge in [-0.2, -0.15) is 9.40 Å². The molecule has 2 aromatic rings. The van der Waals surface area contributed by atoms with E-state index in [1.807, 2.05) is 19.9 Å². The molecule has 2 heterocycles. The Morgan fingerprint density at radius 3 is 2.47 bits per heavy atom. The highest BCUT2D eigenvalue weighted by atomic mass is 32.2. The fourth-order valence-corrected chi connectivity index (χ4v) is 5.14. The van der Waals surface area contributed by atoms with Crippen LogP contribution in [0, 0.1) is 13.8 Å². The lowest BCUT2D eigenvalue weighted by molar-refractivity contribution is 0.0950. The summed E-state index contributed by atoms with van der Waals surface area (Å²) in [5.41, 5.74) is 3.69. The second kappa shape index (κ2) is 9.18. The molecule has 164 valence electrons. The van der Waals surface area contributed by atoms with Gasteiger partial charge in [-0.05, 0) is 44.4 Å². The smallest absolute Gasteiger partial charge is 0.263 e. The van der Waals surface area contributed by atoms with Crippen LogP contribution in [0.15, 0.2) is 29.4 Å². The maximum Gasteiger partial charge on any atom is 0.263 e. The van der Waals surface area contributed by atoms with Crippen LogP contribution < -0.4 is 10.2 Å². The molecule has 0 saturated carbocycles. The van der Waals surface area contributed by atoms with Crippen molar-refractivity contribution in [2.24, 2.45) is 0 Å². The SMILES string of the molecule is CCCNC(=O)c1cn(CC)nc1S(=O)(=O)N1CCN(c2cccc(C)c2C)CC1. The molecule has 3 rings (SSSR count). The number of aryl methyl sites for hydroxylation is 2. The molecule has 1 amide bonds. The number of benzene rings is 1. The Kier molecular flexibility index (Phi) is 6.82. The molecule has 30 heavy (non-hydrogen) atoms. The zero-order chi connectivity index (χ0) is 21.9. The minimum Gasteiger partial charge on any atom is -0.369 e. The molecule has 1 aliphatic rings. The van der Waals surface area contributed by atoms with Gasteiger partial charge in [-0.25, -0.2) is 8.42 Å². The van der Waals surface area contributed by atoms with E-state index >= 15 is 0 Å². The zero-order valence-corrected chi connectivity index (χ0v) is 19.0. The third-order valence-electron chi connectivity index (χ3n) is 5.57. The van der Waals surface area contributed by atoms with Crippen molar-refractivity contribution in [1.82, 2.24) is 19.4 Å². The fourth-order valence-electron chi connectivity index (χ4n) is 3.62. The van der Waals surface area contributed by atoms with Gasteiger partial charge in [0.2, 0.25) is 5.03 Å². The first kappa shape index (κ1) is 22.3. The Morgan fingerprint density at radius 2 is 1.83 bits per heavy atom. The largest absolute Gasteiger partial charge is 0.369 e. The summed E-state index contributed by atoms with van der Waals surface area (Å²) in [6.45, 7) is 10.8. The monoisotopic (exact) mass is 433 g/mol. The number of aromatic nitrogens is 2. The number of amides is 1. The highest BCUT2D eigenvalue weighted by Crippen LogP contribution is 2.26. The molecule has 0 atom stereocenters. The number of hydrogen-bond acceptors (Lipinski definition) is 5. The summed E-state index contributed by atoms with van der Waals surface area (Å²) < 4.78 is 29.6. The van der Waals surface area contributed by atoms with Crippen LogP contribution in [0.1, 0.15) is 41.8 Å². The van der Waals surface area contributed by atoms with E-state index in [4.69, 9.17) is 0 Å². The fraction of sp³-hybridized carbons (Fsp3) is 0.524. The van der Waals surface area contributed by atoms with Crippen LogP contribution in [0.4, 0.5) is 5.69 Å². The van der Waals surface area contributed by atoms with E-state index in [9.17, 15) is 13.2 Å². The second-order valence-corrected chi connectivity index (χ2v) is 9.42. The minimum absolute atomic E-state index is 0.113. The Morgan fingerprint density at radius 1 is 1.13 bits per heavy atom. The molecule has 0 unspecified atom stereocenters. The van der Waals surface area contributed by atoms with Crippen LogP contribution in [-0.2, 0) is 16.6 Å². The maximum absolute atomic E-state index is 13.3. The topological polar surface area (TPSA) is 87.5 Å². The van der Waals surface area contributed by atoms with Gasteiger partial charge in [0.25, 0.3) is 15.9 Å². The Labute approximate surface area is 178 Å². The van der Waals surface area contributed by atoms with Crippen LogP contribution in [0.3, 0.4) is 0 Å². The van der Waals surface area contributed by atoms with Crippen molar-refractivity contribution in [3.05, 3.63) is 41.1 Å². The third kappa shape index (κ3) is 4.37. The summed E-state index contributed by atoms with van der Waals surface area (Å²) in [6, 6.07) is 6.18. The molecule has 1 aromatic carbocycles. The van der Waals surface area contributed by atoms with Crippen molar-refractivity contribution >= 4 is 21.6 Å². The van der Waals surface area contributed by atoms with E-state index in [0.717, 1.165) is 12.1 Å². The van der Waals surface area contributed by atoms with Crippen molar-refractivity contribution in [2.75, 3.05) is 37.6 Å². The normalized spacial score (nSPS) is 15.4. The van der Waals surface area contributed by atoms with Crippen molar-refractivity contribution in [2.45, 2.75) is 45.7 Å². The van der Waals surface area contributed by atoms with Gasteiger partial charge >= 0.3 is 0 Å². The minimum atomic E-state index is -3.86. The zero-order valence-electron chi connectivity index (χ0n) is 18.2. The molecular formula is C21H31N5O3S. The van der Waals surface area contributed by atoms with Gasteiger partial charge in [0.15, 0.2) is 0 Å². The molecule has 0 spiro atoms. The molecule has 1 N–H and O–H groups in total. The van der Waals surface area contributed by atoms with Crippen molar-refractivity contribution in [3.8, 4) is 0 Å². The molecule has 1 aromatic heterocycles. The van der Waals surface area contributed by atoms with Gasteiger partial charge in [0.1, 0.15) is 0 Å². The summed E-state index contributed by atoms with van der Waals surface area (Å²) in [5, 5.41) is 6.82. The van der Waals surface area contributed by atoms with Crippen molar-refractivity contribution in [3.63, 3.8) is 0 Å². The van der Waals surface area contributed by atoms with Crippen LogP contribution in [0.2, 0.25) is 0 Å². The molecule has 1 fully saturated rings. The Balaban J connectivity index is 1.81. The molecule has 1 aliphatic heterocycles. The van der Waals surface area contributed by atoms with E-state index < -0.39 is 15.9 Å². The van der Waals surface area contributed by atoms with E-state index in [0.29, 0.717) is 39.3 Å². The predicted octanol–water partition coefficient (Wildman–Crippen LogP) is 2.17. The van der Waals surface area contributed by atoms with Gasteiger partial charge in [0, 0.05) is 51.2 Å². The Bertz CT molecular complexity index is 1010. The first-order chi connectivity index (χ1) is 14.3. The number of nitrogens with zero attached hydrogens (tertiary/aromatic N) is 4. The van der Waals surface area contributed by atoms with Crippen molar-refractivity contribution in [1.29, 1.82) is 0 Å². The standard InChI is InChI=1S/C21H31N5O3S/c1-5-10-22-20(27)18-15-25(6-2)23-21(18)30(28,29)26-13-11-24(12-14-26)19-9-7-8-16(3)17(19)4/h7-9,15H,5-6,10-14H2,1-4H3,(H,22,27). The number of carbonyl (C=O) groups is 1. The van der Waals surface area contributed by atoms with Gasteiger partial charge < -0.3 is 10.2 Å². The summed E-state index contributed by atoms with van der Waals surface area (Å²) in [6.07, 6.45) is 2.29. The van der Waals surface area contributed by atoms with Crippen LogP contribution >= 0.6 is 0 Å². The van der Waals surface area contributed by atoms with E-state index in [1.54, 1.807) is 0 Å². The average Bonchev–Trinajstić information content (AvgIpc) is 3.20. The second-order valence-electron chi connectivity index (χ2n) is 7.57. The van der Waals surface area contributed by atoms with E-state index in [2.05, 4.69) is 41.3 Å². The van der Waals surface area contributed by atoms with Crippen LogP contribution in [0.25, 0.3) is 0 Å². The number of sulfonamides is 1. The lowest BCUT2D eigenvalue weighted by atomic mass is 10.1. The third-order valence-corrected chi connectivity index (χ3v) is 7.41. The highest BCUT2D eigenvalue weighted by molar-refractivity contribution is 7.89. The first-order valence-corrected chi connectivity index (χ1v) is 11.9. The first-order valence-electron chi connectivity index (χ1n) is 10.5. The maximum atomic E-state index is 13.3. The van der Waals surface area contributed by atoms with Crippen LogP contribution in [-0.4, -0.2) is 61.1 Å². The number of piperazine rings is 1. The van der Waals surface area contributed by atoms with E-state index in [-0.39, 0.29) is 10.6 Å². The van der Waals surface area contributed by atoms with Gasteiger partial charge in [0.05, 0.1) is 5.56 Å². The molecule has 0 aliphatic carbocycles. The van der Waals surface area contributed by atoms with Gasteiger partial charge in [-0.3, -0.25) is 9.48 Å². The predicted molar refractivity (Wildman–Crippen MR) is 117 cm³/mol. The molecule has 9 heteroatoms. The number of anilines is 1. The average molecular weight is 434 g/mol. The van der Waals surface area contributed by atoms with Crippen molar-refractivity contribution < 1.29 is 13.2 Å². The lowest BCUT2D eigenvalue weighted by Crippen LogP contribution is -2.49. The molecule has 0 bridgehead atoms. The molecule has 0 radical (unpaired) electrons. The highest BCUT2D eigenvalue weighted by Gasteiger charge is 2.34. The number of rotatable bonds is 7. The molecule has 1 saturated heterocycles. The molecular weight excluding hydrogens is 402 g/mol. The summed E-state index contributed by atoms with van der Waals surface area (Å²) in [4.78, 5) is 14.8.